The molecule has 1 fully saturated rings. The molecule has 0 aliphatic carbocycles. The van der Waals surface area contributed by atoms with Crippen LogP contribution in [0.5, 0.6) is 0 Å². The summed E-state index contributed by atoms with van der Waals surface area (Å²) in [5.74, 6) is 0.106. The lowest BCUT2D eigenvalue weighted by atomic mass is 9.76. The van der Waals surface area contributed by atoms with Crippen molar-refractivity contribution in [1.29, 1.82) is 0 Å². The molecule has 1 heterocycles. The average molecular weight is 338 g/mol. The number of nitrogens with one attached hydrogen (secondary N) is 1. The van der Waals surface area contributed by atoms with E-state index in [0.29, 0.717) is 19.5 Å². The molecule has 128 valence electrons. The predicted molar refractivity (Wildman–Crippen MR) is 92.3 cm³/mol. The van der Waals surface area contributed by atoms with Gasteiger partial charge in [0.25, 0.3) is 0 Å². The number of hydrogen-bond acceptors (Lipinski definition) is 3. The van der Waals surface area contributed by atoms with Gasteiger partial charge in [-0.3, -0.25) is 0 Å². The first kappa shape index (κ1) is 17.8. The van der Waals surface area contributed by atoms with Crippen molar-refractivity contribution in [2.24, 2.45) is 0 Å². The molecule has 0 saturated carbocycles. The van der Waals surface area contributed by atoms with Crippen LogP contribution in [0.2, 0.25) is 0 Å². The van der Waals surface area contributed by atoms with Crippen LogP contribution < -0.4 is 5.32 Å². The van der Waals surface area contributed by atoms with Gasteiger partial charge in [0.15, 0.2) is 0 Å². The standard InChI is InChI=1S/C17H26N2O3S/c1-17(15-8-4-3-5-9-15)10-6-12-19(14-17)16(20)18-11-7-13-23(2,21)22/h3-5,8-9H,6-7,10-14H2,1-2H3,(H,18,20)/t17-/m1/s1. The number of nitrogens with zero attached hydrogens (tertiary/aromatic N) is 1. The number of piperidine rings is 1. The minimum atomic E-state index is -2.97. The molecule has 1 saturated heterocycles. The van der Waals surface area contributed by atoms with Crippen molar-refractivity contribution >= 4 is 15.9 Å². The summed E-state index contributed by atoms with van der Waals surface area (Å²) in [7, 11) is -2.97. The van der Waals surface area contributed by atoms with E-state index in [1.807, 2.05) is 23.1 Å². The van der Waals surface area contributed by atoms with E-state index in [4.69, 9.17) is 0 Å². The number of rotatable bonds is 5. The quantitative estimate of drug-likeness (QED) is 0.837. The summed E-state index contributed by atoms with van der Waals surface area (Å²) in [6, 6.07) is 10.2. The van der Waals surface area contributed by atoms with Gasteiger partial charge in [0, 0.05) is 31.3 Å². The Hall–Kier alpha value is -1.56. The second-order valence-corrected chi connectivity index (χ2v) is 8.93. The summed E-state index contributed by atoms with van der Waals surface area (Å²) in [5, 5.41) is 2.84. The van der Waals surface area contributed by atoms with Crippen molar-refractivity contribution < 1.29 is 13.2 Å². The van der Waals surface area contributed by atoms with Gasteiger partial charge in [-0.15, -0.1) is 0 Å². The Labute approximate surface area is 139 Å². The number of likely N-dealkylation sites (tertiary alicyclic amines) is 1. The Morgan fingerprint density at radius 1 is 1.30 bits per heavy atom. The first-order valence-electron chi connectivity index (χ1n) is 8.06. The first-order chi connectivity index (χ1) is 10.8. The maximum absolute atomic E-state index is 12.3. The number of benzene rings is 1. The van der Waals surface area contributed by atoms with Crippen LogP contribution in [0.25, 0.3) is 0 Å². The Morgan fingerprint density at radius 3 is 2.65 bits per heavy atom. The maximum atomic E-state index is 12.3. The summed E-state index contributed by atoms with van der Waals surface area (Å²) in [6.45, 7) is 4.03. The van der Waals surface area contributed by atoms with E-state index < -0.39 is 9.84 Å². The van der Waals surface area contributed by atoms with Crippen molar-refractivity contribution in [2.45, 2.75) is 31.6 Å². The lowest BCUT2D eigenvalue weighted by molar-refractivity contribution is 0.156. The normalized spacial score (nSPS) is 21.9. The molecule has 1 aromatic rings. The zero-order valence-electron chi connectivity index (χ0n) is 13.9. The number of sulfone groups is 1. The molecule has 5 nitrogen and oxygen atoms in total. The Kier molecular flexibility index (Phi) is 5.68. The molecule has 1 N–H and O–H groups in total. The molecule has 2 amide bonds. The third kappa shape index (κ3) is 5.23. The fourth-order valence-corrected chi connectivity index (χ4v) is 3.80. The van der Waals surface area contributed by atoms with E-state index in [2.05, 4.69) is 24.4 Å². The predicted octanol–water partition coefficient (Wildman–Crippen LogP) is 2.18. The van der Waals surface area contributed by atoms with Crippen LogP contribution in [0.4, 0.5) is 4.79 Å². The van der Waals surface area contributed by atoms with Gasteiger partial charge in [-0.25, -0.2) is 13.2 Å². The molecule has 1 aromatic carbocycles. The van der Waals surface area contributed by atoms with E-state index in [9.17, 15) is 13.2 Å². The van der Waals surface area contributed by atoms with Crippen molar-refractivity contribution in [3.63, 3.8) is 0 Å². The van der Waals surface area contributed by atoms with Gasteiger partial charge >= 0.3 is 6.03 Å². The minimum absolute atomic E-state index is 0.0242. The average Bonchev–Trinajstić information content (AvgIpc) is 2.51. The van der Waals surface area contributed by atoms with Crippen molar-refractivity contribution in [1.82, 2.24) is 10.2 Å². The fraction of sp³-hybridized carbons (Fsp3) is 0.588. The number of hydrogen-bond donors (Lipinski definition) is 1. The highest BCUT2D eigenvalue weighted by atomic mass is 32.2. The molecule has 6 heteroatoms. The largest absolute Gasteiger partial charge is 0.338 e. The summed E-state index contributed by atoms with van der Waals surface area (Å²) in [6.07, 6.45) is 3.70. The summed E-state index contributed by atoms with van der Waals surface area (Å²) in [4.78, 5) is 14.2. The molecule has 2 rings (SSSR count). The van der Waals surface area contributed by atoms with Crippen LogP contribution in [0.3, 0.4) is 0 Å². The minimum Gasteiger partial charge on any atom is -0.338 e. The first-order valence-corrected chi connectivity index (χ1v) is 10.1. The highest BCUT2D eigenvalue weighted by molar-refractivity contribution is 7.90. The van der Waals surface area contributed by atoms with Gasteiger partial charge in [-0.1, -0.05) is 37.3 Å². The summed E-state index contributed by atoms with van der Waals surface area (Å²) < 4.78 is 22.2. The fourth-order valence-electron chi connectivity index (χ4n) is 3.13. The van der Waals surface area contributed by atoms with Crippen molar-refractivity contribution in [2.75, 3.05) is 31.6 Å². The number of amides is 2. The van der Waals surface area contributed by atoms with Gasteiger partial charge in [-0.2, -0.15) is 0 Å². The van der Waals surface area contributed by atoms with Gasteiger partial charge in [0.05, 0.1) is 5.75 Å². The van der Waals surface area contributed by atoms with Crippen LogP contribution in [0, 0.1) is 0 Å². The molecule has 0 unspecified atom stereocenters. The van der Waals surface area contributed by atoms with E-state index in [0.717, 1.165) is 19.4 Å². The molecular weight excluding hydrogens is 312 g/mol. The second kappa shape index (κ2) is 7.34. The number of carbonyl (C=O) groups excluding carboxylic acids is 1. The topological polar surface area (TPSA) is 66.5 Å². The maximum Gasteiger partial charge on any atom is 0.317 e. The van der Waals surface area contributed by atoms with Gasteiger partial charge in [0.2, 0.25) is 0 Å². The van der Waals surface area contributed by atoms with Gasteiger partial charge in [-0.05, 0) is 24.8 Å². The Morgan fingerprint density at radius 2 is 2.00 bits per heavy atom. The number of carbonyl (C=O) groups is 1. The van der Waals surface area contributed by atoms with Crippen LogP contribution in [-0.4, -0.2) is 51.0 Å². The molecule has 1 aliphatic heterocycles. The molecule has 0 radical (unpaired) electrons. The third-order valence-corrected chi connectivity index (χ3v) is 5.45. The smallest absolute Gasteiger partial charge is 0.317 e. The van der Waals surface area contributed by atoms with E-state index in [1.165, 1.54) is 11.8 Å². The monoisotopic (exact) mass is 338 g/mol. The second-order valence-electron chi connectivity index (χ2n) is 6.67. The SMILES string of the molecule is C[C@@]1(c2ccccc2)CCCN(C(=O)NCCCS(C)(=O)=O)C1. The van der Waals surface area contributed by atoms with Crippen LogP contribution in [0.15, 0.2) is 30.3 Å². The van der Waals surface area contributed by atoms with Crippen LogP contribution in [-0.2, 0) is 15.3 Å². The number of urea groups is 1. The summed E-state index contributed by atoms with van der Waals surface area (Å²) in [5.41, 5.74) is 1.23. The molecular formula is C17H26N2O3S. The van der Waals surface area contributed by atoms with E-state index >= 15 is 0 Å². The van der Waals surface area contributed by atoms with Crippen molar-refractivity contribution in [3.05, 3.63) is 35.9 Å². The molecule has 23 heavy (non-hydrogen) atoms. The highest BCUT2D eigenvalue weighted by Crippen LogP contribution is 2.33. The van der Waals surface area contributed by atoms with Crippen LogP contribution >= 0.6 is 0 Å². The molecule has 1 atom stereocenters. The summed E-state index contributed by atoms with van der Waals surface area (Å²) >= 11 is 0. The van der Waals surface area contributed by atoms with E-state index in [-0.39, 0.29) is 17.2 Å². The van der Waals surface area contributed by atoms with E-state index in [1.54, 1.807) is 0 Å². The zero-order valence-corrected chi connectivity index (χ0v) is 14.7. The van der Waals surface area contributed by atoms with Crippen molar-refractivity contribution in [3.8, 4) is 0 Å². The molecule has 0 spiro atoms. The molecule has 0 aromatic heterocycles. The lowest BCUT2D eigenvalue weighted by Gasteiger charge is -2.41. The highest BCUT2D eigenvalue weighted by Gasteiger charge is 2.34. The third-order valence-electron chi connectivity index (χ3n) is 4.42. The van der Waals surface area contributed by atoms with Crippen LogP contribution in [0.1, 0.15) is 31.7 Å². The Bertz CT molecular complexity index is 630. The zero-order chi connectivity index (χ0) is 16.9. The molecule has 1 aliphatic rings. The molecule has 0 bridgehead atoms. The van der Waals surface area contributed by atoms with Gasteiger partial charge in [0.1, 0.15) is 9.84 Å². The van der Waals surface area contributed by atoms with Gasteiger partial charge < -0.3 is 10.2 Å². The Balaban J connectivity index is 1.89. The lowest BCUT2D eigenvalue weighted by Crippen LogP contribution is -2.50.